The summed E-state index contributed by atoms with van der Waals surface area (Å²) in [5, 5.41) is 47.8. The van der Waals surface area contributed by atoms with Crippen LogP contribution in [0.25, 0.3) is 0 Å². The molecule has 24 rings (SSSR count). The molecule has 12 aliphatic carbocycles. The lowest BCUT2D eigenvalue weighted by atomic mass is 9.65. The molecule has 12 aromatic rings. The third-order valence-corrected chi connectivity index (χ3v) is 33.0. The molecule has 12 aliphatic rings. The quantitative estimate of drug-likeness (QED) is 0.0907. The van der Waals surface area contributed by atoms with E-state index in [4.69, 9.17) is 34.8 Å². The van der Waals surface area contributed by atoms with Gasteiger partial charge in [-0.05, 0) is 207 Å². The first-order chi connectivity index (χ1) is 68.2. The highest BCUT2D eigenvalue weighted by Crippen LogP contribution is 2.58. The van der Waals surface area contributed by atoms with E-state index in [2.05, 4.69) is 185 Å². The third kappa shape index (κ3) is 19.7. The molecule has 744 valence electrons. The van der Waals surface area contributed by atoms with E-state index in [1.807, 2.05) is 120 Å². The Morgan fingerprint density at radius 1 is 0.271 bits per heavy atom. The van der Waals surface area contributed by atoms with Crippen LogP contribution in [0.5, 0.6) is 0 Å². The fourth-order valence-electron chi connectivity index (χ4n) is 26.1. The van der Waals surface area contributed by atoms with Crippen LogP contribution < -0.4 is 0 Å². The summed E-state index contributed by atoms with van der Waals surface area (Å²) >= 11 is 22.5. The maximum absolute atomic E-state index is 13.8. The molecule has 6 unspecified atom stereocenters. The summed E-state index contributed by atoms with van der Waals surface area (Å²) in [5.74, 6) is 0.484. The van der Waals surface area contributed by atoms with Crippen molar-refractivity contribution in [2.75, 3.05) is 0 Å². The van der Waals surface area contributed by atoms with E-state index in [1.165, 1.54) is 62.8 Å². The number of H-pyrrole nitrogens is 6. The number of hydrogen-bond acceptors (Lipinski definition) is 12. The number of hydrogen-bond donors (Lipinski definition) is 6. The number of allylic oxidation sites excluding steroid dienone is 12. The van der Waals surface area contributed by atoms with Crippen LogP contribution in [0.1, 0.15) is 331 Å². The normalized spacial score (nSPS) is 22.3. The number of aryl methyl sites for hydroxylation is 6. The Kier molecular flexibility index (Phi) is 27.0. The van der Waals surface area contributed by atoms with Crippen LogP contribution in [0.2, 0.25) is 15.1 Å². The smallest absolute Gasteiger partial charge is 0.160 e. The molecule has 24 heteroatoms. The molecule has 18 nitrogen and oxygen atoms in total. The lowest BCUT2D eigenvalue weighted by molar-refractivity contribution is -0.119. The molecule has 0 saturated carbocycles. The molecule has 0 bridgehead atoms. The van der Waals surface area contributed by atoms with E-state index in [0.717, 1.165) is 239 Å². The van der Waals surface area contributed by atoms with Gasteiger partial charge in [0, 0.05) is 233 Å². The second kappa shape index (κ2) is 38.6. The second-order valence-electron chi connectivity index (χ2n) is 46.9. The number of carbonyl (C=O) groups is 6. The van der Waals surface area contributed by atoms with Crippen molar-refractivity contribution in [2.45, 2.75) is 276 Å². The van der Waals surface area contributed by atoms with E-state index in [1.54, 1.807) is 24.3 Å². The minimum Gasteiger partial charge on any atom is -0.294 e. The van der Waals surface area contributed by atoms with E-state index in [-0.39, 0.29) is 109 Å². The van der Waals surface area contributed by atoms with Crippen LogP contribution in [0, 0.1) is 85.7 Å². The molecule has 6 atom stereocenters. The van der Waals surface area contributed by atoms with Gasteiger partial charge in [0.15, 0.2) is 34.7 Å². The summed E-state index contributed by atoms with van der Waals surface area (Å²) in [7, 11) is 0. The van der Waals surface area contributed by atoms with Crippen molar-refractivity contribution in [1.82, 2.24) is 61.2 Å². The molecule has 6 heterocycles. The van der Waals surface area contributed by atoms with Gasteiger partial charge in [0.05, 0.1) is 34.2 Å². The number of nitrogens with zero attached hydrogens (tertiary/aromatic N) is 6. The van der Waals surface area contributed by atoms with Gasteiger partial charge in [-0.25, -0.2) is 8.78 Å². The van der Waals surface area contributed by atoms with Crippen molar-refractivity contribution in [2.24, 2.45) is 32.5 Å². The molecule has 0 spiro atoms. The monoisotopic (exact) mass is 2050 g/mol. The molecule has 0 radical (unpaired) electrons. The molecular formula is C120H126BrCl3F2N12O6. The molecule has 6 aromatic heterocycles. The number of aromatic nitrogens is 12. The van der Waals surface area contributed by atoms with Crippen molar-refractivity contribution in [1.29, 1.82) is 0 Å². The Balaban J connectivity index is 0.000000109. The predicted molar refractivity (Wildman–Crippen MR) is 565 cm³/mol. The lowest BCUT2D eigenvalue weighted by Gasteiger charge is -2.38. The zero-order chi connectivity index (χ0) is 102. The van der Waals surface area contributed by atoms with E-state index < -0.39 is 0 Å². The van der Waals surface area contributed by atoms with Crippen molar-refractivity contribution >= 4 is 85.4 Å². The average molecular weight is 2060 g/mol. The zero-order valence-corrected chi connectivity index (χ0v) is 89.3. The number of carbonyl (C=O) groups excluding carboxylic acids is 6. The minimum absolute atomic E-state index is 0.00782. The van der Waals surface area contributed by atoms with Gasteiger partial charge in [-0.1, -0.05) is 252 Å². The fourth-order valence-corrected chi connectivity index (χ4v) is 27.2. The summed E-state index contributed by atoms with van der Waals surface area (Å²) in [6.45, 7) is 38.1. The number of benzene rings is 6. The first-order valence-electron chi connectivity index (χ1n) is 50.4. The highest BCUT2D eigenvalue weighted by Gasteiger charge is 2.50. The van der Waals surface area contributed by atoms with E-state index in [9.17, 15) is 37.5 Å². The number of Topliss-reactive ketones (excluding diaryl/α,β-unsaturated/α-hetero) is 6. The standard InChI is InChI=1S/C20H21BrN2O.3C20H21ClN2O.2C20H21FN2O/c1-11-17-15(23-22-11)8-12-9-20(2,3)10-16(24)18(12)19(17)13-6-4-5-7-14(13)21;1-11-17-15(23-22-11)8-13-9-20(2,3)10-16(24)18(13)19(17)12-4-6-14(21)7-5-12;1-11-17-15(23-22-11)8-13-9-20(2,3)10-16(24)18(13)19(17)12-5-4-6-14(21)7-12;1-11-17-15(23-22-11)8-12-9-20(2,3)10-16(24)18(12)19(17)13-6-4-5-7-14(13)21;1-11-17-15(23-22-11)8-13-9-20(2,3)10-16(24)18(13)19(17)12-4-6-14(21)7-5-12;1-11-17-15(23-22-11)8-13-9-20(2,3)10-16(24)18(13)19(17)12-5-4-6-14(21)7-12/h6*4-7,19H,8-10H2,1-3H3,(H,22,23). The van der Waals surface area contributed by atoms with Crippen LogP contribution in [0.4, 0.5) is 8.78 Å². The molecule has 0 amide bonds. The van der Waals surface area contributed by atoms with Crippen LogP contribution in [0.15, 0.2) is 217 Å². The largest absolute Gasteiger partial charge is 0.294 e. The topological polar surface area (TPSA) is 274 Å². The molecule has 0 fully saturated rings. The molecule has 144 heavy (non-hydrogen) atoms. The van der Waals surface area contributed by atoms with Gasteiger partial charge >= 0.3 is 0 Å². The van der Waals surface area contributed by atoms with Crippen molar-refractivity contribution in [3.05, 3.63) is 379 Å². The van der Waals surface area contributed by atoms with Crippen LogP contribution >= 0.6 is 50.7 Å². The van der Waals surface area contributed by atoms with Gasteiger partial charge in [0.1, 0.15) is 11.6 Å². The minimum atomic E-state index is -0.272. The van der Waals surface area contributed by atoms with Crippen LogP contribution in [-0.2, 0) is 67.3 Å². The molecule has 0 aliphatic heterocycles. The number of halogens is 6. The van der Waals surface area contributed by atoms with Crippen molar-refractivity contribution in [3.8, 4) is 0 Å². The number of nitrogens with one attached hydrogen (secondary N) is 6. The van der Waals surface area contributed by atoms with Gasteiger partial charge < -0.3 is 0 Å². The second-order valence-corrected chi connectivity index (χ2v) is 49.1. The lowest BCUT2D eigenvalue weighted by Crippen LogP contribution is -2.32. The first kappa shape index (κ1) is 101. The Hall–Kier alpha value is -11.8. The highest BCUT2D eigenvalue weighted by atomic mass is 79.9. The zero-order valence-electron chi connectivity index (χ0n) is 85.4. The Labute approximate surface area is 864 Å². The Morgan fingerprint density at radius 2 is 0.528 bits per heavy atom. The summed E-state index contributed by atoms with van der Waals surface area (Å²) in [6, 6.07) is 45.0. The van der Waals surface area contributed by atoms with Gasteiger partial charge in [0.2, 0.25) is 0 Å². The van der Waals surface area contributed by atoms with Gasteiger partial charge in [-0.2, -0.15) is 30.6 Å². The third-order valence-electron chi connectivity index (χ3n) is 31.5. The van der Waals surface area contributed by atoms with Gasteiger partial charge in [0.25, 0.3) is 0 Å². The van der Waals surface area contributed by atoms with Gasteiger partial charge in [-0.3, -0.25) is 59.4 Å². The van der Waals surface area contributed by atoms with Crippen molar-refractivity contribution < 1.29 is 37.5 Å². The van der Waals surface area contributed by atoms with Gasteiger partial charge in [-0.15, -0.1) is 0 Å². The number of ketones is 6. The fraction of sp³-hybridized carbons (Fsp3) is 0.400. The van der Waals surface area contributed by atoms with E-state index in [0.29, 0.717) is 59.4 Å². The number of aromatic amines is 6. The van der Waals surface area contributed by atoms with Crippen molar-refractivity contribution in [3.63, 3.8) is 0 Å². The predicted octanol–water partition coefficient (Wildman–Crippen LogP) is 27.6. The molecule has 6 N–H and O–H groups in total. The number of rotatable bonds is 6. The summed E-state index contributed by atoms with van der Waals surface area (Å²) < 4.78 is 28.3. The first-order valence-corrected chi connectivity index (χ1v) is 52.3. The molecular weight excluding hydrogens is 1930 g/mol. The Morgan fingerprint density at radius 3 is 0.826 bits per heavy atom. The summed E-state index contributed by atoms with van der Waals surface area (Å²) in [4.78, 5) is 78.1. The average Bonchev–Trinajstić information content (AvgIpc) is 1.44. The maximum atomic E-state index is 13.8. The van der Waals surface area contributed by atoms with E-state index >= 15 is 0 Å². The number of fused-ring (bicyclic) bond motifs is 6. The van der Waals surface area contributed by atoms with Crippen LogP contribution in [-0.4, -0.2) is 95.9 Å². The summed E-state index contributed by atoms with van der Waals surface area (Å²) in [5.41, 5.74) is 38.6. The SMILES string of the molecule is Cc1[nH]nc2c1C(c1ccc(Cl)cc1)C1=C(C2)CC(C)(C)CC1=O.Cc1[nH]nc2c1C(c1ccc(F)cc1)C1=C(C2)CC(C)(C)CC1=O.Cc1[nH]nc2c1C(c1cccc(Cl)c1)C1=C(C2)CC(C)(C)CC1=O.Cc1[nH]nc2c1C(c1cccc(F)c1)C1=C(C2)CC(C)(C)CC1=O.Cc1[nH]nc2c1C(c1ccccc1Br)C1=C(C2)CC(C)(C)CC1=O.Cc1[nH]nc2c1C(c1ccccc1Cl)C1=C(C2)CC(C)(C)CC1=O. The highest BCUT2D eigenvalue weighted by molar-refractivity contribution is 9.10. The molecule has 0 saturated heterocycles. The summed E-state index contributed by atoms with van der Waals surface area (Å²) in [6.07, 6.45) is 13.8. The molecule has 6 aromatic carbocycles. The van der Waals surface area contributed by atoms with Crippen LogP contribution in [0.3, 0.4) is 0 Å². The Bertz CT molecular complexity index is 7050. The maximum Gasteiger partial charge on any atom is 0.160 e.